The zero-order valence-corrected chi connectivity index (χ0v) is 12.1. The summed E-state index contributed by atoms with van der Waals surface area (Å²) in [5.74, 6) is 0.186. The molecule has 0 atom stereocenters. The van der Waals surface area contributed by atoms with Crippen LogP contribution in [0, 0.1) is 5.82 Å². The number of para-hydroxylation sites is 1. The first-order valence-electron chi connectivity index (χ1n) is 7.15. The van der Waals surface area contributed by atoms with Gasteiger partial charge in [-0.15, -0.1) is 0 Å². The summed E-state index contributed by atoms with van der Waals surface area (Å²) in [7, 11) is 0. The van der Waals surface area contributed by atoms with E-state index in [1.807, 2.05) is 6.07 Å². The number of rotatable bonds is 4. The third-order valence-corrected chi connectivity index (χ3v) is 3.44. The molecule has 0 radical (unpaired) electrons. The van der Waals surface area contributed by atoms with E-state index >= 15 is 0 Å². The molecule has 0 aromatic heterocycles. The normalized spacial score (nSPS) is 16.8. The molecule has 1 aliphatic rings. The summed E-state index contributed by atoms with van der Waals surface area (Å²) in [5, 5.41) is 3.38. The number of ether oxygens (including phenoxy) is 1. The van der Waals surface area contributed by atoms with Gasteiger partial charge < -0.3 is 10.1 Å². The zero-order valence-electron chi connectivity index (χ0n) is 12.1. The van der Waals surface area contributed by atoms with Crippen molar-refractivity contribution in [3.8, 4) is 5.75 Å². The van der Waals surface area contributed by atoms with Crippen LogP contribution >= 0.6 is 0 Å². The molecule has 1 aromatic carbocycles. The molecule has 0 amide bonds. The molecule has 0 aliphatic heterocycles. The van der Waals surface area contributed by atoms with Gasteiger partial charge in [-0.3, -0.25) is 0 Å². The number of halogens is 1. The molecule has 1 aromatic rings. The molecule has 2 rings (SSSR count). The largest absolute Gasteiger partial charge is 0.487 e. The fourth-order valence-corrected chi connectivity index (χ4v) is 2.36. The van der Waals surface area contributed by atoms with Crippen molar-refractivity contribution in [2.75, 3.05) is 0 Å². The highest BCUT2D eigenvalue weighted by molar-refractivity contribution is 5.35. The molecular formula is C16H24FNO. The number of hydrogen-bond donors (Lipinski definition) is 1. The van der Waals surface area contributed by atoms with Gasteiger partial charge in [-0.1, -0.05) is 12.1 Å². The third-order valence-electron chi connectivity index (χ3n) is 3.44. The Morgan fingerprint density at radius 2 is 1.95 bits per heavy atom. The van der Waals surface area contributed by atoms with Crippen molar-refractivity contribution < 1.29 is 9.13 Å². The maximum Gasteiger partial charge on any atom is 0.165 e. The van der Waals surface area contributed by atoms with Crippen LogP contribution in [0.5, 0.6) is 5.75 Å². The Labute approximate surface area is 115 Å². The van der Waals surface area contributed by atoms with Crippen LogP contribution in [-0.4, -0.2) is 11.6 Å². The predicted molar refractivity (Wildman–Crippen MR) is 75.9 cm³/mol. The SMILES string of the molecule is CC(C)(C)NCc1cccc(F)c1OC1CCCC1. The fraction of sp³-hybridized carbons (Fsp3) is 0.625. The van der Waals surface area contributed by atoms with Gasteiger partial charge in [0.15, 0.2) is 11.6 Å². The van der Waals surface area contributed by atoms with E-state index in [0.717, 1.165) is 18.4 Å². The molecule has 0 spiro atoms. The van der Waals surface area contributed by atoms with Crippen molar-refractivity contribution in [1.29, 1.82) is 0 Å². The summed E-state index contributed by atoms with van der Waals surface area (Å²) < 4.78 is 19.9. The van der Waals surface area contributed by atoms with Crippen LogP contribution < -0.4 is 10.1 Å². The van der Waals surface area contributed by atoms with Crippen LogP contribution in [0.4, 0.5) is 4.39 Å². The Kier molecular flexibility index (Phi) is 4.46. The van der Waals surface area contributed by atoms with Crippen molar-refractivity contribution in [2.45, 2.75) is 64.6 Å². The highest BCUT2D eigenvalue weighted by Crippen LogP contribution is 2.29. The maximum atomic E-state index is 14.0. The van der Waals surface area contributed by atoms with Crippen LogP contribution in [0.15, 0.2) is 18.2 Å². The minimum Gasteiger partial charge on any atom is -0.487 e. The minimum atomic E-state index is -0.250. The standard InChI is InChI=1S/C16H24FNO/c1-16(2,3)18-11-12-7-6-10-14(17)15(12)19-13-8-4-5-9-13/h6-7,10,13,18H,4-5,8-9,11H2,1-3H3. The lowest BCUT2D eigenvalue weighted by Gasteiger charge is -2.23. The van der Waals surface area contributed by atoms with E-state index in [4.69, 9.17) is 4.74 Å². The summed E-state index contributed by atoms with van der Waals surface area (Å²) in [6.07, 6.45) is 4.65. The molecule has 1 saturated carbocycles. The van der Waals surface area contributed by atoms with Crippen LogP contribution in [0.3, 0.4) is 0 Å². The first kappa shape index (κ1) is 14.3. The van der Waals surface area contributed by atoms with Crippen LogP contribution in [-0.2, 0) is 6.54 Å². The Balaban J connectivity index is 2.10. The van der Waals surface area contributed by atoms with Gasteiger partial charge >= 0.3 is 0 Å². The topological polar surface area (TPSA) is 21.3 Å². The molecule has 0 saturated heterocycles. The molecule has 0 unspecified atom stereocenters. The Morgan fingerprint density at radius 1 is 1.26 bits per heavy atom. The van der Waals surface area contributed by atoms with Crippen LogP contribution in [0.25, 0.3) is 0 Å². The Morgan fingerprint density at radius 3 is 2.58 bits per heavy atom. The van der Waals surface area contributed by atoms with Crippen molar-refractivity contribution in [2.24, 2.45) is 0 Å². The van der Waals surface area contributed by atoms with Gasteiger partial charge in [-0.2, -0.15) is 0 Å². The summed E-state index contributed by atoms with van der Waals surface area (Å²) in [5.41, 5.74) is 0.915. The lowest BCUT2D eigenvalue weighted by atomic mass is 10.1. The molecule has 1 N–H and O–H groups in total. The van der Waals surface area contributed by atoms with Gasteiger partial charge in [0.2, 0.25) is 0 Å². The van der Waals surface area contributed by atoms with Gasteiger partial charge in [0, 0.05) is 17.6 Å². The highest BCUT2D eigenvalue weighted by atomic mass is 19.1. The van der Waals surface area contributed by atoms with E-state index in [-0.39, 0.29) is 17.5 Å². The molecule has 0 bridgehead atoms. The second-order valence-corrected chi connectivity index (χ2v) is 6.36. The van der Waals surface area contributed by atoms with E-state index in [2.05, 4.69) is 26.1 Å². The molecule has 0 heterocycles. The maximum absolute atomic E-state index is 14.0. The summed E-state index contributed by atoms with van der Waals surface area (Å²) in [6, 6.07) is 5.16. The minimum absolute atomic E-state index is 0.0109. The van der Waals surface area contributed by atoms with Crippen molar-refractivity contribution in [3.63, 3.8) is 0 Å². The zero-order chi connectivity index (χ0) is 13.9. The second-order valence-electron chi connectivity index (χ2n) is 6.36. The number of nitrogens with one attached hydrogen (secondary N) is 1. The molecule has 106 valence electrons. The van der Waals surface area contributed by atoms with Gasteiger partial charge in [0.05, 0.1) is 6.10 Å². The van der Waals surface area contributed by atoms with E-state index in [0.29, 0.717) is 12.3 Å². The van der Waals surface area contributed by atoms with Crippen molar-refractivity contribution in [1.82, 2.24) is 5.32 Å². The molecule has 1 aliphatic carbocycles. The van der Waals surface area contributed by atoms with E-state index in [9.17, 15) is 4.39 Å². The Hall–Kier alpha value is -1.09. The number of benzene rings is 1. The van der Waals surface area contributed by atoms with Crippen molar-refractivity contribution >= 4 is 0 Å². The van der Waals surface area contributed by atoms with E-state index < -0.39 is 0 Å². The smallest absolute Gasteiger partial charge is 0.165 e. The van der Waals surface area contributed by atoms with Crippen LogP contribution in [0.1, 0.15) is 52.0 Å². The van der Waals surface area contributed by atoms with E-state index in [1.165, 1.54) is 18.9 Å². The summed E-state index contributed by atoms with van der Waals surface area (Å²) >= 11 is 0. The summed E-state index contributed by atoms with van der Waals surface area (Å²) in [6.45, 7) is 6.93. The first-order chi connectivity index (χ1) is 8.96. The number of hydrogen-bond acceptors (Lipinski definition) is 2. The third kappa shape index (κ3) is 4.20. The van der Waals surface area contributed by atoms with Gasteiger partial charge in [-0.25, -0.2) is 4.39 Å². The predicted octanol–water partition coefficient (Wildman–Crippen LogP) is 4.04. The quantitative estimate of drug-likeness (QED) is 0.887. The average Bonchev–Trinajstić information content (AvgIpc) is 2.82. The summed E-state index contributed by atoms with van der Waals surface area (Å²) in [4.78, 5) is 0. The molecule has 19 heavy (non-hydrogen) atoms. The van der Waals surface area contributed by atoms with Gasteiger partial charge in [-0.05, 0) is 52.5 Å². The highest BCUT2D eigenvalue weighted by Gasteiger charge is 2.20. The van der Waals surface area contributed by atoms with Crippen molar-refractivity contribution in [3.05, 3.63) is 29.6 Å². The lowest BCUT2D eigenvalue weighted by molar-refractivity contribution is 0.197. The van der Waals surface area contributed by atoms with Crippen LogP contribution in [0.2, 0.25) is 0 Å². The lowest BCUT2D eigenvalue weighted by Crippen LogP contribution is -2.35. The molecule has 1 fully saturated rings. The monoisotopic (exact) mass is 265 g/mol. The molecule has 3 heteroatoms. The Bertz CT molecular complexity index is 419. The fourth-order valence-electron chi connectivity index (χ4n) is 2.36. The second kappa shape index (κ2) is 5.91. The average molecular weight is 265 g/mol. The van der Waals surface area contributed by atoms with Gasteiger partial charge in [0.1, 0.15) is 0 Å². The van der Waals surface area contributed by atoms with Gasteiger partial charge in [0.25, 0.3) is 0 Å². The first-order valence-corrected chi connectivity index (χ1v) is 7.15. The molecular weight excluding hydrogens is 241 g/mol. The van der Waals surface area contributed by atoms with E-state index in [1.54, 1.807) is 6.07 Å². The molecule has 2 nitrogen and oxygen atoms in total.